The highest BCUT2D eigenvalue weighted by Gasteiger charge is 2.33. The van der Waals surface area contributed by atoms with Gasteiger partial charge in [0.2, 0.25) is 10.0 Å². The zero-order valence-electron chi connectivity index (χ0n) is 12.2. The number of piperidine rings is 1. The van der Waals surface area contributed by atoms with E-state index in [0.29, 0.717) is 19.5 Å². The molecule has 20 heavy (non-hydrogen) atoms. The summed E-state index contributed by atoms with van der Waals surface area (Å²) in [5.41, 5.74) is 1.08. The van der Waals surface area contributed by atoms with Crippen molar-refractivity contribution in [3.8, 4) is 0 Å². The molecule has 6 heteroatoms. The first kappa shape index (κ1) is 15.4. The second-order valence-corrected chi connectivity index (χ2v) is 7.72. The molecule has 0 unspecified atom stereocenters. The highest BCUT2D eigenvalue weighted by atomic mass is 32.2. The maximum absolute atomic E-state index is 12.3. The molecule has 1 aliphatic rings. The fourth-order valence-electron chi connectivity index (χ4n) is 2.43. The Morgan fingerprint density at radius 1 is 1.30 bits per heavy atom. The molecule has 2 heterocycles. The first-order valence-electron chi connectivity index (χ1n) is 7.01. The molecule has 0 aliphatic carbocycles. The van der Waals surface area contributed by atoms with Crippen molar-refractivity contribution in [3.05, 3.63) is 30.1 Å². The van der Waals surface area contributed by atoms with E-state index in [1.165, 1.54) is 0 Å². The van der Waals surface area contributed by atoms with Crippen LogP contribution in [0.4, 0.5) is 0 Å². The van der Waals surface area contributed by atoms with Crippen LogP contribution < -0.4 is 5.32 Å². The number of aromatic nitrogens is 1. The number of rotatable bonds is 5. The molecule has 0 atom stereocenters. The third kappa shape index (κ3) is 3.77. The van der Waals surface area contributed by atoms with Gasteiger partial charge in [-0.15, -0.1) is 0 Å². The van der Waals surface area contributed by atoms with Crippen LogP contribution in [0.3, 0.4) is 0 Å². The minimum atomic E-state index is -3.15. The van der Waals surface area contributed by atoms with Crippen LogP contribution in [0.5, 0.6) is 0 Å². The Kier molecular flexibility index (Phi) is 4.78. The van der Waals surface area contributed by atoms with Crippen LogP contribution in [0.1, 0.15) is 25.3 Å². The molecule has 1 fully saturated rings. The second-order valence-electron chi connectivity index (χ2n) is 5.63. The van der Waals surface area contributed by atoms with Crippen LogP contribution in [-0.2, 0) is 16.4 Å². The van der Waals surface area contributed by atoms with Gasteiger partial charge in [0, 0.05) is 31.0 Å². The van der Waals surface area contributed by atoms with Crippen molar-refractivity contribution >= 4 is 10.0 Å². The Morgan fingerprint density at radius 2 is 1.90 bits per heavy atom. The van der Waals surface area contributed by atoms with E-state index < -0.39 is 10.0 Å². The largest absolute Gasteiger partial charge is 0.314 e. The summed E-state index contributed by atoms with van der Waals surface area (Å²) in [7, 11) is -1.22. The normalized spacial score (nSPS) is 19.9. The highest BCUT2D eigenvalue weighted by Crippen LogP contribution is 2.23. The predicted molar refractivity (Wildman–Crippen MR) is 80.0 cm³/mol. The van der Waals surface area contributed by atoms with Gasteiger partial charge in [-0.1, -0.05) is 0 Å². The van der Waals surface area contributed by atoms with Crippen molar-refractivity contribution in [2.75, 3.05) is 25.9 Å². The minimum Gasteiger partial charge on any atom is -0.314 e. The predicted octanol–water partition coefficient (Wildman–Crippen LogP) is 1.03. The van der Waals surface area contributed by atoms with Crippen LogP contribution in [0, 0.1) is 0 Å². The van der Waals surface area contributed by atoms with Crippen molar-refractivity contribution in [1.29, 1.82) is 0 Å². The summed E-state index contributed by atoms with van der Waals surface area (Å²) < 4.78 is 26.3. The van der Waals surface area contributed by atoms with Crippen molar-refractivity contribution in [2.45, 2.75) is 31.7 Å². The third-order valence-corrected chi connectivity index (χ3v) is 6.09. The Hall–Kier alpha value is -0.980. The molecular formula is C14H23N3O2S. The monoisotopic (exact) mass is 297 g/mol. The van der Waals surface area contributed by atoms with E-state index in [9.17, 15) is 8.42 Å². The number of pyridine rings is 1. The molecule has 0 saturated carbocycles. The van der Waals surface area contributed by atoms with Crippen LogP contribution >= 0.6 is 0 Å². The Balaban J connectivity index is 1.92. The van der Waals surface area contributed by atoms with E-state index >= 15 is 0 Å². The number of nitrogens with zero attached hydrogens (tertiary/aromatic N) is 2. The topological polar surface area (TPSA) is 62.3 Å². The van der Waals surface area contributed by atoms with Crippen LogP contribution in [0.2, 0.25) is 0 Å². The quantitative estimate of drug-likeness (QED) is 0.882. The van der Waals surface area contributed by atoms with Crippen molar-refractivity contribution < 1.29 is 8.42 Å². The molecule has 0 amide bonds. The van der Waals surface area contributed by atoms with Gasteiger partial charge in [-0.05, 0) is 50.9 Å². The number of nitrogens with one attached hydrogen (secondary N) is 1. The van der Waals surface area contributed by atoms with Gasteiger partial charge >= 0.3 is 0 Å². The second kappa shape index (κ2) is 6.20. The average molecular weight is 297 g/mol. The first-order valence-corrected chi connectivity index (χ1v) is 8.62. The van der Waals surface area contributed by atoms with Gasteiger partial charge in [0.1, 0.15) is 0 Å². The molecule has 5 nitrogen and oxygen atoms in total. The lowest BCUT2D eigenvalue weighted by molar-refractivity contribution is 0.219. The fourth-order valence-corrected chi connectivity index (χ4v) is 3.92. The number of sulfonamides is 1. The lowest BCUT2D eigenvalue weighted by Crippen LogP contribution is -2.51. The van der Waals surface area contributed by atoms with Crippen molar-refractivity contribution in [1.82, 2.24) is 14.6 Å². The molecule has 112 valence electrons. The molecular weight excluding hydrogens is 274 g/mol. The van der Waals surface area contributed by atoms with Gasteiger partial charge < -0.3 is 5.32 Å². The van der Waals surface area contributed by atoms with Crippen molar-refractivity contribution in [2.24, 2.45) is 0 Å². The van der Waals surface area contributed by atoms with E-state index in [4.69, 9.17) is 0 Å². The zero-order valence-corrected chi connectivity index (χ0v) is 13.0. The van der Waals surface area contributed by atoms with Crippen LogP contribution in [-0.4, -0.2) is 49.1 Å². The lowest BCUT2D eigenvalue weighted by Gasteiger charge is -2.38. The fraction of sp³-hybridized carbons (Fsp3) is 0.643. The molecule has 0 radical (unpaired) electrons. The van der Waals surface area contributed by atoms with Gasteiger partial charge in [0.25, 0.3) is 0 Å². The van der Waals surface area contributed by atoms with Crippen molar-refractivity contribution in [3.63, 3.8) is 0 Å². The highest BCUT2D eigenvalue weighted by molar-refractivity contribution is 7.89. The maximum Gasteiger partial charge on any atom is 0.214 e. The maximum atomic E-state index is 12.3. The van der Waals surface area contributed by atoms with Gasteiger partial charge in [-0.25, -0.2) is 12.7 Å². The molecule has 1 aromatic heterocycles. The molecule has 1 aliphatic heterocycles. The molecule has 0 bridgehead atoms. The van der Waals surface area contributed by atoms with E-state index in [1.54, 1.807) is 16.7 Å². The zero-order chi connectivity index (χ0) is 14.6. The SMILES string of the molecule is CNC1(C)CCN(S(=O)(=O)CCc2ccncc2)CC1. The molecule has 1 aromatic rings. The van der Waals surface area contributed by atoms with Crippen LogP contribution in [0.25, 0.3) is 0 Å². The van der Waals surface area contributed by atoms with Gasteiger partial charge in [-0.3, -0.25) is 4.98 Å². The average Bonchev–Trinajstić information content (AvgIpc) is 2.47. The van der Waals surface area contributed by atoms with Gasteiger partial charge in [-0.2, -0.15) is 0 Å². The summed E-state index contributed by atoms with van der Waals surface area (Å²) in [5.74, 6) is 0.174. The summed E-state index contributed by atoms with van der Waals surface area (Å²) >= 11 is 0. The smallest absolute Gasteiger partial charge is 0.214 e. The van der Waals surface area contributed by atoms with Gasteiger partial charge in [0.05, 0.1) is 5.75 Å². The number of hydrogen-bond donors (Lipinski definition) is 1. The number of hydrogen-bond acceptors (Lipinski definition) is 4. The summed E-state index contributed by atoms with van der Waals surface area (Å²) in [6, 6.07) is 3.73. The van der Waals surface area contributed by atoms with E-state index in [2.05, 4.69) is 17.2 Å². The standard InChI is InChI=1S/C14H23N3O2S/c1-14(15-2)6-10-17(11-7-14)20(18,19)12-5-13-3-8-16-9-4-13/h3-4,8-9,15H,5-7,10-12H2,1-2H3. The first-order chi connectivity index (χ1) is 9.45. The molecule has 2 rings (SSSR count). The van der Waals surface area contributed by atoms with E-state index in [0.717, 1.165) is 18.4 Å². The van der Waals surface area contributed by atoms with Crippen LogP contribution in [0.15, 0.2) is 24.5 Å². The van der Waals surface area contributed by atoms with E-state index in [-0.39, 0.29) is 11.3 Å². The Bertz CT molecular complexity index is 523. The molecule has 0 spiro atoms. The summed E-state index contributed by atoms with van der Waals surface area (Å²) in [5, 5.41) is 3.28. The van der Waals surface area contributed by atoms with Gasteiger partial charge in [0.15, 0.2) is 0 Å². The lowest BCUT2D eigenvalue weighted by atomic mass is 9.91. The summed E-state index contributed by atoms with van der Waals surface area (Å²) in [6.45, 7) is 3.36. The minimum absolute atomic E-state index is 0.0666. The number of aryl methyl sites for hydroxylation is 1. The molecule has 0 aromatic carbocycles. The summed E-state index contributed by atoms with van der Waals surface area (Å²) in [6.07, 6.45) is 5.66. The Morgan fingerprint density at radius 3 is 2.45 bits per heavy atom. The van der Waals surface area contributed by atoms with E-state index in [1.807, 2.05) is 19.2 Å². The third-order valence-electron chi connectivity index (χ3n) is 4.22. The Labute approximate surface area is 121 Å². The molecule has 1 saturated heterocycles. The molecule has 1 N–H and O–H groups in total. The summed E-state index contributed by atoms with van der Waals surface area (Å²) in [4.78, 5) is 3.94.